The van der Waals surface area contributed by atoms with Crippen LogP contribution in [0, 0.1) is 5.92 Å². The number of ether oxygens (including phenoxy) is 1. The summed E-state index contributed by atoms with van der Waals surface area (Å²) < 4.78 is 31.7. The second-order valence-electron chi connectivity index (χ2n) is 6.87. The number of urea groups is 1. The summed E-state index contributed by atoms with van der Waals surface area (Å²) >= 11 is 0. The predicted octanol–water partition coefficient (Wildman–Crippen LogP) is 1.94. The number of piperidine rings is 1. The third kappa shape index (κ3) is 5.60. The number of likely N-dealkylation sites (tertiary alicyclic amines) is 1. The molecule has 1 aromatic carbocycles. The molecule has 7 nitrogen and oxygen atoms in total. The van der Waals surface area contributed by atoms with E-state index in [2.05, 4.69) is 10.0 Å². The van der Waals surface area contributed by atoms with Gasteiger partial charge in [-0.05, 0) is 38.7 Å². The van der Waals surface area contributed by atoms with Gasteiger partial charge in [0, 0.05) is 31.7 Å². The lowest BCUT2D eigenvalue weighted by atomic mass is 9.99. The van der Waals surface area contributed by atoms with Crippen molar-refractivity contribution in [3.8, 4) is 5.75 Å². The molecule has 2 N–H and O–H groups in total. The normalized spacial score (nSPS) is 18.0. The molecule has 8 heteroatoms. The van der Waals surface area contributed by atoms with E-state index in [0.29, 0.717) is 26.2 Å². The molecule has 146 valence electrons. The van der Waals surface area contributed by atoms with Gasteiger partial charge in [0.15, 0.2) is 0 Å². The van der Waals surface area contributed by atoms with Gasteiger partial charge in [-0.15, -0.1) is 0 Å². The molecule has 1 saturated heterocycles. The molecule has 0 bridgehead atoms. The van der Waals surface area contributed by atoms with Crippen molar-refractivity contribution in [2.75, 3.05) is 26.7 Å². The van der Waals surface area contributed by atoms with Crippen LogP contribution in [-0.2, 0) is 16.6 Å². The Labute approximate surface area is 156 Å². The number of para-hydroxylation sites is 1. The van der Waals surface area contributed by atoms with Crippen LogP contribution in [-0.4, -0.2) is 51.3 Å². The zero-order valence-corrected chi connectivity index (χ0v) is 16.5. The number of carbonyl (C=O) groups excluding carboxylic acids is 1. The number of sulfonamides is 1. The van der Waals surface area contributed by atoms with Crippen LogP contribution >= 0.6 is 0 Å². The molecular weight excluding hydrogens is 354 g/mol. The first-order valence-corrected chi connectivity index (χ1v) is 10.5. The molecule has 0 radical (unpaired) electrons. The van der Waals surface area contributed by atoms with Gasteiger partial charge in [0.1, 0.15) is 5.75 Å². The number of hydrogen-bond donors (Lipinski definition) is 2. The highest BCUT2D eigenvalue weighted by molar-refractivity contribution is 7.90. The molecule has 0 spiro atoms. The topological polar surface area (TPSA) is 87.7 Å². The van der Waals surface area contributed by atoms with Crippen LogP contribution in [0.1, 0.15) is 32.3 Å². The van der Waals surface area contributed by atoms with E-state index >= 15 is 0 Å². The van der Waals surface area contributed by atoms with Crippen LogP contribution in [0.25, 0.3) is 0 Å². The summed E-state index contributed by atoms with van der Waals surface area (Å²) in [7, 11) is -1.67. The molecule has 26 heavy (non-hydrogen) atoms. The highest BCUT2D eigenvalue weighted by Gasteiger charge is 2.25. The van der Waals surface area contributed by atoms with Crippen LogP contribution < -0.4 is 14.8 Å². The van der Waals surface area contributed by atoms with E-state index in [9.17, 15) is 13.2 Å². The van der Waals surface area contributed by atoms with Crippen molar-refractivity contribution in [2.45, 2.75) is 38.5 Å². The molecule has 1 heterocycles. The van der Waals surface area contributed by atoms with Gasteiger partial charge < -0.3 is 15.0 Å². The summed E-state index contributed by atoms with van der Waals surface area (Å²) in [6, 6.07) is 7.43. The van der Waals surface area contributed by atoms with Gasteiger partial charge >= 0.3 is 6.03 Å². The summed E-state index contributed by atoms with van der Waals surface area (Å²) in [5, 5.41) is 2.47. The first-order valence-electron chi connectivity index (χ1n) is 8.96. The first-order chi connectivity index (χ1) is 12.3. The SMILES string of the molecule is COc1ccccc1CNC(=O)N1CCC[C@@H](CNS(=O)(=O)C(C)C)C1. The molecule has 0 saturated carbocycles. The second kappa shape index (κ2) is 9.23. The highest BCUT2D eigenvalue weighted by atomic mass is 32.2. The van der Waals surface area contributed by atoms with E-state index in [0.717, 1.165) is 24.2 Å². The van der Waals surface area contributed by atoms with Gasteiger partial charge in [-0.25, -0.2) is 17.9 Å². The smallest absolute Gasteiger partial charge is 0.317 e. The molecule has 1 aromatic rings. The molecule has 0 aromatic heterocycles. The van der Waals surface area contributed by atoms with Crippen LogP contribution in [0.5, 0.6) is 5.75 Å². The molecule has 2 amide bonds. The molecule has 1 aliphatic rings. The van der Waals surface area contributed by atoms with Crippen molar-refractivity contribution in [3.63, 3.8) is 0 Å². The van der Waals surface area contributed by atoms with E-state index in [4.69, 9.17) is 4.74 Å². The maximum atomic E-state index is 12.5. The molecular formula is C18H29N3O4S. The Hall–Kier alpha value is -1.80. The van der Waals surface area contributed by atoms with Crippen LogP contribution in [0.15, 0.2) is 24.3 Å². The highest BCUT2D eigenvalue weighted by Crippen LogP contribution is 2.18. The summed E-state index contributed by atoms with van der Waals surface area (Å²) in [4.78, 5) is 14.2. The molecule has 1 aliphatic heterocycles. The third-order valence-electron chi connectivity index (χ3n) is 4.62. The summed E-state index contributed by atoms with van der Waals surface area (Å²) in [5.41, 5.74) is 0.918. The van der Waals surface area contributed by atoms with Gasteiger partial charge in [0.25, 0.3) is 0 Å². The molecule has 0 aliphatic carbocycles. The van der Waals surface area contributed by atoms with Gasteiger partial charge in [-0.2, -0.15) is 0 Å². The largest absolute Gasteiger partial charge is 0.496 e. The number of nitrogens with one attached hydrogen (secondary N) is 2. The fraction of sp³-hybridized carbons (Fsp3) is 0.611. The van der Waals surface area contributed by atoms with E-state index in [1.54, 1.807) is 25.9 Å². The van der Waals surface area contributed by atoms with Crippen LogP contribution in [0.3, 0.4) is 0 Å². The van der Waals surface area contributed by atoms with E-state index < -0.39 is 15.3 Å². The van der Waals surface area contributed by atoms with E-state index in [1.807, 2.05) is 24.3 Å². The van der Waals surface area contributed by atoms with Gasteiger partial charge in [-0.3, -0.25) is 0 Å². The van der Waals surface area contributed by atoms with Crippen LogP contribution in [0.4, 0.5) is 4.79 Å². The quantitative estimate of drug-likeness (QED) is 0.753. The molecule has 2 rings (SSSR count). The molecule has 1 fully saturated rings. The lowest BCUT2D eigenvalue weighted by molar-refractivity contribution is 0.166. The van der Waals surface area contributed by atoms with Crippen molar-refractivity contribution >= 4 is 16.1 Å². The Balaban J connectivity index is 1.85. The number of benzene rings is 1. The lowest BCUT2D eigenvalue weighted by Crippen LogP contribution is -2.47. The van der Waals surface area contributed by atoms with E-state index in [1.165, 1.54) is 0 Å². The average molecular weight is 384 g/mol. The molecule has 1 atom stereocenters. The van der Waals surface area contributed by atoms with Crippen molar-refractivity contribution in [1.82, 2.24) is 14.9 Å². The number of methoxy groups -OCH3 is 1. The summed E-state index contributed by atoms with van der Waals surface area (Å²) in [6.07, 6.45) is 1.78. The number of carbonyl (C=O) groups is 1. The number of amides is 2. The number of nitrogens with zero attached hydrogens (tertiary/aromatic N) is 1. The number of hydrogen-bond acceptors (Lipinski definition) is 4. The lowest BCUT2D eigenvalue weighted by Gasteiger charge is -2.33. The van der Waals surface area contributed by atoms with Crippen molar-refractivity contribution in [2.24, 2.45) is 5.92 Å². The Morgan fingerprint density at radius 3 is 2.77 bits per heavy atom. The van der Waals surface area contributed by atoms with Gasteiger partial charge in [-0.1, -0.05) is 18.2 Å². The molecule has 0 unspecified atom stereocenters. The monoisotopic (exact) mass is 383 g/mol. The maximum absolute atomic E-state index is 12.5. The second-order valence-corrected chi connectivity index (χ2v) is 9.19. The number of rotatable bonds is 7. The third-order valence-corrected chi connectivity index (χ3v) is 6.43. The first kappa shape index (κ1) is 20.5. The minimum atomic E-state index is -3.27. The minimum absolute atomic E-state index is 0.132. The summed E-state index contributed by atoms with van der Waals surface area (Å²) in [5.74, 6) is 0.877. The van der Waals surface area contributed by atoms with Crippen molar-refractivity contribution in [3.05, 3.63) is 29.8 Å². The zero-order valence-electron chi connectivity index (χ0n) is 15.7. The maximum Gasteiger partial charge on any atom is 0.317 e. The Bertz CT molecular complexity index is 706. The van der Waals surface area contributed by atoms with E-state index in [-0.39, 0.29) is 11.9 Å². The van der Waals surface area contributed by atoms with Crippen molar-refractivity contribution in [1.29, 1.82) is 0 Å². The predicted molar refractivity (Wildman–Crippen MR) is 102 cm³/mol. The fourth-order valence-corrected chi connectivity index (χ4v) is 3.75. The van der Waals surface area contributed by atoms with Gasteiger partial charge in [0.05, 0.1) is 12.4 Å². The minimum Gasteiger partial charge on any atom is -0.496 e. The average Bonchev–Trinajstić information content (AvgIpc) is 2.64. The Morgan fingerprint density at radius 2 is 2.08 bits per heavy atom. The van der Waals surface area contributed by atoms with Gasteiger partial charge in [0.2, 0.25) is 10.0 Å². The van der Waals surface area contributed by atoms with Crippen LogP contribution in [0.2, 0.25) is 0 Å². The standard InChI is InChI=1S/C18H29N3O4S/c1-14(2)26(23,24)20-11-15-7-6-10-21(13-15)18(22)19-12-16-8-4-5-9-17(16)25-3/h4-5,8-9,14-15,20H,6-7,10-13H2,1-3H3,(H,19,22)/t15-/m0/s1. The summed E-state index contributed by atoms with van der Waals surface area (Å²) in [6.45, 7) is 5.31. The Kier molecular flexibility index (Phi) is 7.28. The zero-order chi connectivity index (χ0) is 19.2. The van der Waals surface area contributed by atoms with Crippen molar-refractivity contribution < 1.29 is 17.9 Å². The fourth-order valence-electron chi connectivity index (χ4n) is 2.95. The Morgan fingerprint density at radius 1 is 1.35 bits per heavy atom.